The molecule has 0 saturated carbocycles. The monoisotopic (exact) mass is 164 g/mol. The van der Waals surface area contributed by atoms with E-state index in [9.17, 15) is 4.79 Å². The van der Waals surface area contributed by atoms with Gasteiger partial charge in [0, 0.05) is 7.05 Å². The lowest BCUT2D eigenvalue weighted by Crippen LogP contribution is -2.20. The molecule has 5 heteroatoms. The molecule has 62 valence electrons. The SMILES string of the molecule is C#CC(=O)NCc1cnn(C)n1. The van der Waals surface area contributed by atoms with E-state index in [-0.39, 0.29) is 0 Å². The van der Waals surface area contributed by atoms with E-state index in [4.69, 9.17) is 6.42 Å². The molecule has 1 heterocycles. The molecule has 0 atom stereocenters. The van der Waals surface area contributed by atoms with Crippen molar-refractivity contribution < 1.29 is 4.79 Å². The van der Waals surface area contributed by atoms with E-state index in [1.807, 2.05) is 5.92 Å². The van der Waals surface area contributed by atoms with Gasteiger partial charge in [-0.05, 0) is 5.92 Å². The number of hydrogen-bond acceptors (Lipinski definition) is 3. The summed E-state index contributed by atoms with van der Waals surface area (Å²) in [6.45, 7) is 0.316. The highest BCUT2D eigenvalue weighted by Gasteiger charge is 1.98. The number of aryl methyl sites for hydroxylation is 1. The van der Waals surface area contributed by atoms with E-state index in [0.717, 1.165) is 0 Å². The number of hydrogen-bond donors (Lipinski definition) is 1. The number of carbonyl (C=O) groups excluding carboxylic acids is 1. The lowest BCUT2D eigenvalue weighted by molar-refractivity contribution is -0.115. The molecule has 0 unspecified atom stereocenters. The molecule has 0 aliphatic rings. The number of nitrogens with one attached hydrogen (secondary N) is 1. The minimum Gasteiger partial charge on any atom is -0.339 e. The van der Waals surface area contributed by atoms with Gasteiger partial charge in [-0.25, -0.2) is 0 Å². The molecular formula is C7H8N4O. The number of carbonyl (C=O) groups is 1. The van der Waals surface area contributed by atoms with Gasteiger partial charge in [0.25, 0.3) is 5.91 Å². The standard InChI is InChI=1S/C7H8N4O/c1-3-7(12)8-4-6-5-9-11(2)10-6/h1,5H,4H2,2H3,(H,8,12). The normalized spacial score (nSPS) is 9.00. The Labute approximate surface area is 69.8 Å². The fraction of sp³-hybridized carbons (Fsp3) is 0.286. The molecule has 0 fully saturated rings. The first kappa shape index (κ1) is 8.27. The zero-order valence-corrected chi connectivity index (χ0v) is 6.61. The van der Waals surface area contributed by atoms with Gasteiger partial charge in [0.05, 0.1) is 12.7 Å². The van der Waals surface area contributed by atoms with Crippen LogP contribution in [0.4, 0.5) is 0 Å². The molecule has 0 aliphatic carbocycles. The number of aromatic nitrogens is 3. The summed E-state index contributed by atoms with van der Waals surface area (Å²) in [6.07, 6.45) is 6.40. The second-order valence-electron chi connectivity index (χ2n) is 2.15. The van der Waals surface area contributed by atoms with Crippen molar-refractivity contribution in [3.05, 3.63) is 11.9 Å². The van der Waals surface area contributed by atoms with Gasteiger partial charge in [-0.1, -0.05) is 0 Å². The summed E-state index contributed by atoms with van der Waals surface area (Å²) in [5.41, 5.74) is 0.682. The van der Waals surface area contributed by atoms with Crippen LogP contribution >= 0.6 is 0 Å². The van der Waals surface area contributed by atoms with Crippen LogP contribution in [0.1, 0.15) is 5.69 Å². The number of terminal acetylenes is 1. The van der Waals surface area contributed by atoms with Crippen LogP contribution in [0.5, 0.6) is 0 Å². The smallest absolute Gasteiger partial charge is 0.295 e. The third-order valence-corrected chi connectivity index (χ3v) is 1.21. The molecule has 5 nitrogen and oxygen atoms in total. The molecule has 1 N–H and O–H groups in total. The van der Waals surface area contributed by atoms with Crippen LogP contribution in [0.3, 0.4) is 0 Å². The minimum atomic E-state index is -0.444. The molecule has 1 aromatic rings. The fourth-order valence-electron chi connectivity index (χ4n) is 0.691. The van der Waals surface area contributed by atoms with E-state index in [0.29, 0.717) is 12.2 Å². The highest BCUT2D eigenvalue weighted by atomic mass is 16.1. The van der Waals surface area contributed by atoms with Gasteiger partial charge < -0.3 is 5.32 Å². The van der Waals surface area contributed by atoms with E-state index in [2.05, 4.69) is 15.5 Å². The molecule has 1 rings (SSSR count). The Bertz CT molecular complexity index is 322. The molecular weight excluding hydrogens is 156 g/mol. The maximum atomic E-state index is 10.6. The van der Waals surface area contributed by atoms with Gasteiger partial charge in [-0.15, -0.1) is 6.42 Å². The van der Waals surface area contributed by atoms with Gasteiger partial charge in [-0.2, -0.15) is 15.0 Å². The molecule has 0 spiro atoms. The first-order valence-corrected chi connectivity index (χ1v) is 3.32. The van der Waals surface area contributed by atoms with E-state index in [1.165, 1.54) is 4.80 Å². The number of amides is 1. The van der Waals surface area contributed by atoms with E-state index in [1.54, 1.807) is 13.2 Å². The zero-order chi connectivity index (χ0) is 8.97. The minimum absolute atomic E-state index is 0.316. The third kappa shape index (κ3) is 2.09. The molecule has 1 amide bonds. The second-order valence-corrected chi connectivity index (χ2v) is 2.15. The van der Waals surface area contributed by atoms with Crippen LogP contribution in [-0.4, -0.2) is 20.9 Å². The summed E-state index contributed by atoms with van der Waals surface area (Å²) < 4.78 is 0. The van der Waals surface area contributed by atoms with Gasteiger partial charge in [-0.3, -0.25) is 4.79 Å². The van der Waals surface area contributed by atoms with Crippen molar-refractivity contribution in [3.63, 3.8) is 0 Å². The van der Waals surface area contributed by atoms with Gasteiger partial charge in [0.2, 0.25) is 0 Å². The van der Waals surface area contributed by atoms with Gasteiger partial charge >= 0.3 is 0 Å². The van der Waals surface area contributed by atoms with Crippen molar-refractivity contribution in [2.75, 3.05) is 0 Å². The summed E-state index contributed by atoms with van der Waals surface area (Å²) in [4.78, 5) is 12.0. The van der Waals surface area contributed by atoms with E-state index < -0.39 is 5.91 Å². The van der Waals surface area contributed by atoms with Crippen molar-refractivity contribution in [3.8, 4) is 12.3 Å². The highest BCUT2D eigenvalue weighted by molar-refractivity contribution is 5.92. The first-order chi connectivity index (χ1) is 5.72. The van der Waals surface area contributed by atoms with Crippen LogP contribution in [0, 0.1) is 12.3 Å². The summed E-state index contributed by atoms with van der Waals surface area (Å²) in [6, 6.07) is 0. The fourth-order valence-corrected chi connectivity index (χ4v) is 0.691. The molecule has 0 radical (unpaired) electrons. The number of rotatable bonds is 2. The van der Waals surface area contributed by atoms with Crippen molar-refractivity contribution in [2.45, 2.75) is 6.54 Å². The lowest BCUT2D eigenvalue weighted by atomic mass is 10.4. The van der Waals surface area contributed by atoms with Crippen LogP contribution in [0.25, 0.3) is 0 Å². The summed E-state index contributed by atoms with van der Waals surface area (Å²) >= 11 is 0. The first-order valence-electron chi connectivity index (χ1n) is 3.32. The Hall–Kier alpha value is -1.83. The molecule has 0 saturated heterocycles. The lowest BCUT2D eigenvalue weighted by Gasteiger charge is -1.94. The van der Waals surface area contributed by atoms with Crippen molar-refractivity contribution >= 4 is 5.91 Å². The molecule has 1 aromatic heterocycles. The Balaban J connectivity index is 2.44. The quantitative estimate of drug-likeness (QED) is 0.574. The molecule has 0 bridgehead atoms. The molecule has 12 heavy (non-hydrogen) atoms. The zero-order valence-electron chi connectivity index (χ0n) is 6.61. The van der Waals surface area contributed by atoms with Crippen molar-refractivity contribution in [1.29, 1.82) is 0 Å². The largest absolute Gasteiger partial charge is 0.339 e. The Morgan fingerprint density at radius 1 is 1.92 bits per heavy atom. The summed E-state index contributed by atoms with van der Waals surface area (Å²) in [5.74, 6) is 1.49. The summed E-state index contributed by atoms with van der Waals surface area (Å²) in [7, 11) is 1.70. The maximum Gasteiger partial charge on any atom is 0.295 e. The van der Waals surface area contributed by atoms with Crippen LogP contribution in [0.2, 0.25) is 0 Å². The molecule has 0 aromatic carbocycles. The Kier molecular flexibility index (Phi) is 2.43. The van der Waals surface area contributed by atoms with Crippen LogP contribution in [0.15, 0.2) is 6.20 Å². The topological polar surface area (TPSA) is 59.8 Å². The van der Waals surface area contributed by atoms with Gasteiger partial charge in [0.15, 0.2) is 0 Å². The van der Waals surface area contributed by atoms with E-state index >= 15 is 0 Å². The maximum absolute atomic E-state index is 10.6. The van der Waals surface area contributed by atoms with Crippen LogP contribution in [-0.2, 0) is 18.4 Å². The Morgan fingerprint density at radius 3 is 3.17 bits per heavy atom. The van der Waals surface area contributed by atoms with Crippen molar-refractivity contribution in [2.24, 2.45) is 7.05 Å². The Morgan fingerprint density at radius 2 is 2.67 bits per heavy atom. The summed E-state index contributed by atoms with van der Waals surface area (Å²) in [5, 5.41) is 10.2. The van der Waals surface area contributed by atoms with Crippen molar-refractivity contribution in [1.82, 2.24) is 20.3 Å². The predicted octanol–water partition coefficient (Wildman–Crippen LogP) is -0.936. The van der Waals surface area contributed by atoms with Crippen LogP contribution < -0.4 is 5.32 Å². The highest BCUT2D eigenvalue weighted by Crippen LogP contribution is 1.87. The number of nitrogens with zero attached hydrogens (tertiary/aromatic N) is 3. The average molecular weight is 164 g/mol. The predicted molar refractivity (Wildman–Crippen MR) is 41.7 cm³/mol. The molecule has 0 aliphatic heterocycles. The van der Waals surface area contributed by atoms with Gasteiger partial charge in [0.1, 0.15) is 5.69 Å². The average Bonchev–Trinajstić information content (AvgIpc) is 2.47. The second kappa shape index (κ2) is 3.53. The third-order valence-electron chi connectivity index (χ3n) is 1.21.